The summed E-state index contributed by atoms with van der Waals surface area (Å²) in [6.45, 7) is 5.85. The lowest BCUT2D eigenvalue weighted by Crippen LogP contribution is -2.59. The highest BCUT2D eigenvalue weighted by Gasteiger charge is 2.71. The topological polar surface area (TPSA) is 161 Å². The van der Waals surface area contributed by atoms with Gasteiger partial charge in [0.1, 0.15) is 43.4 Å². The van der Waals surface area contributed by atoms with E-state index in [-0.39, 0.29) is 60.6 Å². The fourth-order valence-corrected chi connectivity index (χ4v) is 8.28. The van der Waals surface area contributed by atoms with Crippen LogP contribution in [-0.4, -0.2) is 93.0 Å². The smallest absolute Gasteiger partial charge is 0.324 e. The molecule has 1 aliphatic carbocycles. The Bertz CT molecular complexity index is 1490. The van der Waals surface area contributed by atoms with Gasteiger partial charge in [0.2, 0.25) is 0 Å². The molecule has 0 saturated heterocycles. The van der Waals surface area contributed by atoms with Gasteiger partial charge in [0.25, 0.3) is 0 Å². The predicted molar refractivity (Wildman–Crippen MR) is 194 cm³/mol. The summed E-state index contributed by atoms with van der Waals surface area (Å²) >= 11 is 7.06. The number of rotatable bonds is 16. The molecule has 0 aromatic heterocycles. The molecule has 2 aromatic carbocycles. The van der Waals surface area contributed by atoms with Gasteiger partial charge in [0.15, 0.2) is 10.8 Å². The number of hydrogen-bond acceptors (Lipinski definition) is 14. The molecule has 0 N–H and O–H groups in total. The van der Waals surface area contributed by atoms with E-state index in [2.05, 4.69) is 31.9 Å². The van der Waals surface area contributed by atoms with Crippen molar-refractivity contribution in [2.75, 3.05) is 69.1 Å². The van der Waals surface area contributed by atoms with Crippen LogP contribution in [0.2, 0.25) is 0 Å². The fourth-order valence-electron chi connectivity index (χ4n) is 6.98. The molecule has 52 heavy (non-hydrogen) atoms. The lowest BCUT2D eigenvalue weighted by atomic mass is 9.50. The predicted octanol–water partition coefficient (Wildman–Crippen LogP) is 6.15. The zero-order valence-corrected chi connectivity index (χ0v) is 34.2. The minimum Gasteiger partial charge on any atom is -0.496 e. The van der Waals surface area contributed by atoms with E-state index in [9.17, 15) is 19.2 Å². The zero-order valence-electron chi connectivity index (χ0n) is 31.0. The van der Waals surface area contributed by atoms with E-state index in [1.54, 1.807) is 27.7 Å². The minimum absolute atomic E-state index is 0.0987. The molecule has 1 fully saturated rings. The van der Waals surface area contributed by atoms with E-state index in [4.69, 9.17) is 47.4 Å². The van der Waals surface area contributed by atoms with Gasteiger partial charge < -0.3 is 47.4 Å². The van der Waals surface area contributed by atoms with Gasteiger partial charge in [-0.1, -0.05) is 0 Å². The normalized spacial score (nSPS) is 17.2. The summed E-state index contributed by atoms with van der Waals surface area (Å²) in [6.07, 6.45) is -1.15. The van der Waals surface area contributed by atoms with Crippen molar-refractivity contribution in [3.63, 3.8) is 0 Å². The van der Waals surface area contributed by atoms with Gasteiger partial charge >= 0.3 is 23.9 Å². The van der Waals surface area contributed by atoms with E-state index in [0.29, 0.717) is 20.4 Å². The standard InChI is InChI=1S/C36H46Br2O14/c1-11-49-31(39)35(32(40)50-12-2)17-20(26-22(44-6)16-24(46-8)28(38)30(26)48-10)36(33(41)51-13-3,34(42)52-14-4)18-19(35)25-21(43-5)15-23(45-7)27(37)29(25)47-9/h15-16,19-20H,11-14,17-18H2,1-10H3/t19-,20-/m1/s1. The molecule has 3 rings (SSSR count). The molecule has 0 unspecified atom stereocenters. The number of benzene rings is 2. The summed E-state index contributed by atoms with van der Waals surface area (Å²) in [4.78, 5) is 58.9. The molecule has 0 amide bonds. The summed E-state index contributed by atoms with van der Waals surface area (Å²) < 4.78 is 57.9. The SMILES string of the molecule is CCOC(=O)C1(C(=O)OCC)C[C@H](c2c(OC)cc(OC)c(Br)c2OC)C(C(=O)OCC)(C(=O)OCC)C[C@@H]1c1c(OC)cc(OC)c(Br)c1OC. The van der Waals surface area contributed by atoms with Crippen molar-refractivity contribution in [2.45, 2.75) is 52.4 Å². The van der Waals surface area contributed by atoms with Gasteiger partial charge in [0, 0.05) is 35.1 Å². The lowest BCUT2D eigenvalue weighted by Gasteiger charge is -2.51. The first-order chi connectivity index (χ1) is 24.8. The molecule has 0 radical (unpaired) electrons. The largest absolute Gasteiger partial charge is 0.496 e. The average molecular weight is 863 g/mol. The molecule has 16 heteroatoms. The van der Waals surface area contributed by atoms with E-state index >= 15 is 0 Å². The molecule has 1 aliphatic rings. The quantitative estimate of drug-likeness (QED) is 0.107. The number of methoxy groups -OCH3 is 6. The molecule has 0 heterocycles. The van der Waals surface area contributed by atoms with Crippen molar-refractivity contribution in [1.29, 1.82) is 0 Å². The fraction of sp³-hybridized carbons (Fsp3) is 0.556. The molecule has 0 aliphatic heterocycles. The van der Waals surface area contributed by atoms with Gasteiger partial charge in [-0.05, 0) is 72.4 Å². The van der Waals surface area contributed by atoms with Crippen LogP contribution in [0.25, 0.3) is 0 Å². The number of ether oxygens (including phenoxy) is 10. The molecular weight excluding hydrogens is 816 g/mol. The average Bonchev–Trinajstić information content (AvgIpc) is 3.14. The summed E-state index contributed by atoms with van der Waals surface area (Å²) in [7, 11) is 8.37. The maximum atomic E-state index is 14.7. The van der Waals surface area contributed by atoms with Gasteiger partial charge in [0.05, 0.1) is 69.1 Å². The summed E-state index contributed by atoms with van der Waals surface area (Å²) in [5, 5.41) is 0. The van der Waals surface area contributed by atoms with Crippen LogP contribution in [0.3, 0.4) is 0 Å². The van der Waals surface area contributed by atoms with E-state index < -0.39 is 59.4 Å². The van der Waals surface area contributed by atoms with Crippen LogP contribution in [0.4, 0.5) is 0 Å². The monoisotopic (exact) mass is 860 g/mol. The number of carbonyl (C=O) groups excluding carboxylic acids is 4. The van der Waals surface area contributed by atoms with Crippen molar-refractivity contribution in [3.05, 3.63) is 32.2 Å². The molecule has 288 valence electrons. The van der Waals surface area contributed by atoms with Crippen LogP contribution >= 0.6 is 31.9 Å². The summed E-state index contributed by atoms with van der Waals surface area (Å²) in [6, 6.07) is 3.05. The first-order valence-electron chi connectivity index (χ1n) is 16.5. The number of esters is 4. The third kappa shape index (κ3) is 7.20. The Morgan fingerprint density at radius 2 is 0.788 bits per heavy atom. The van der Waals surface area contributed by atoms with Gasteiger partial charge in [-0.15, -0.1) is 0 Å². The molecule has 0 spiro atoms. The van der Waals surface area contributed by atoms with Crippen molar-refractivity contribution < 1.29 is 66.5 Å². The van der Waals surface area contributed by atoms with Gasteiger partial charge in [-0.25, -0.2) is 0 Å². The van der Waals surface area contributed by atoms with E-state index in [0.717, 1.165) is 0 Å². The highest BCUT2D eigenvalue weighted by molar-refractivity contribution is 9.11. The van der Waals surface area contributed by atoms with Crippen molar-refractivity contribution >= 4 is 55.7 Å². The molecule has 1 saturated carbocycles. The summed E-state index contributed by atoms with van der Waals surface area (Å²) in [5.74, 6) is -5.74. The first-order valence-corrected chi connectivity index (χ1v) is 18.1. The second kappa shape index (κ2) is 18.2. The molecule has 2 atom stereocenters. The number of hydrogen-bond donors (Lipinski definition) is 0. The van der Waals surface area contributed by atoms with E-state index in [1.165, 1.54) is 54.8 Å². The molecule has 14 nitrogen and oxygen atoms in total. The Morgan fingerprint density at radius 1 is 0.519 bits per heavy atom. The van der Waals surface area contributed by atoms with Gasteiger partial charge in [-0.2, -0.15) is 0 Å². The highest BCUT2D eigenvalue weighted by atomic mass is 79.9. The second-order valence-corrected chi connectivity index (χ2v) is 13.0. The van der Waals surface area contributed by atoms with Crippen LogP contribution in [-0.2, 0) is 38.1 Å². The van der Waals surface area contributed by atoms with Gasteiger partial charge in [-0.3, -0.25) is 19.2 Å². The van der Waals surface area contributed by atoms with Crippen molar-refractivity contribution in [2.24, 2.45) is 10.8 Å². The summed E-state index contributed by atoms with van der Waals surface area (Å²) in [5.41, 5.74) is -4.25. The Balaban J connectivity index is 2.77. The maximum Gasteiger partial charge on any atom is 0.324 e. The van der Waals surface area contributed by atoms with Crippen LogP contribution in [0.5, 0.6) is 34.5 Å². The zero-order chi connectivity index (χ0) is 39.0. The van der Waals surface area contributed by atoms with Crippen LogP contribution < -0.4 is 28.4 Å². The Labute approximate surface area is 320 Å². The van der Waals surface area contributed by atoms with Crippen LogP contribution in [0, 0.1) is 10.8 Å². The molecular formula is C36H46Br2O14. The third-order valence-electron chi connectivity index (χ3n) is 9.16. The third-order valence-corrected chi connectivity index (χ3v) is 10.7. The van der Waals surface area contributed by atoms with E-state index in [1.807, 2.05) is 0 Å². The first kappa shape index (κ1) is 42.5. The molecule has 0 bridgehead atoms. The van der Waals surface area contributed by atoms with Crippen LogP contribution in [0.1, 0.15) is 63.5 Å². The highest BCUT2D eigenvalue weighted by Crippen LogP contribution is 2.67. The van der Waals surface area contributed by atoms with Crippen molar-refractivity contribution in [3.8, 4) is 34.5 Å². The Hall–Kier alpha value is -3.92. The minimum atomic E-state index is -2.27. The van der Waals surface area contributed by atoms with Crippen LogP contribution in [0.15, 0.2) is 21.1 Å². The maximum absolute atomic E-state index is 14.7. The second-order valence-electron chi connectivity index (χ2n) is 11.4. The Morgan fingerprint density at radius 3 is 1.00 bits per heavy atom. The molecule has 2 aromatic rings. The number of carbonyl (C=O) groups is 4. The lowest BCUT2D eigenvalue weighted by molar-refractivity contribution is -0.192. The Kier molecular flexibility index (Phi) is 14.9. The van der Waals surface area contributed by atoms with Crippen molar-refractivity contribution in [1.82, 2.24) is 0 Å². The number of halogens is 2.